The Hall–Kier alpha value is -0.610. The van der Waals surface area contributed by atoms with Crippen molar-refractivity contribution in [2.75, 3.05) is 32.7 Å². The van der Waals surface area contributed by atoms with E-state index in [-0.39, 0.29) is 11.9 Å². The van der Waals surface area contributed by atoms with Gasteiger partial charge in [-0.15, -0.1) is 0 Å². The number of nitrogens with zero attached hydrogens (tertiary/aromatic N) is 2. The third-order valence-electron chi connectivity index (χ3n) is 3.26. The Bertz CT molecular complexity index is 219. The van der Waals surface area contributed by atoms with E-state index in [1.165, 1.54) is 0 Å². The van der Waals surface area contributed by atoms with Gasteiger partial charge in [0.2, 0.25) is 5.91 Å². The lowest BCUT2D eigenvalue weighted by Crippen LogP contribution is -2.58. The molecule has 17 heavy (non-hydrogen) atoms. The second-order valence-corrected chi connectivity index (χ2v) is 5.04. The predicted molar refractivity (Wildman–Crippen MR) is 70.8 cm³/mol. The molecule has 1 amide bonds. The monoisotopic (exact) mass is 241 g/mol. The van der Waals surface area contributed by atoms with Gasteiger partial charge in [0.25, 0.3) is 0 Å². The Morgan fingerprint density at radius 3 is 2.18 bits per heavy atom. The van der Waals surface area contributed by atoms with Crippen LogP contribution in [-0.2, 0) is 4.79 Å². The van der Waals surface area contributed by atoms with Gasteiger partial charge in [-0.1, -0.05) is 26.7 Å². The third kappa shape index (κ3) is 5.04. The maximum absolute atomic E-state index is 12.1. The lowest BCUT2D eigenvalue weighted by molar-refractivity contribution is -0.133. The highest BCUT2D eigenvalue weighted by molar-refractivity contribution is 5.78. The van der Waals surface area contributed by atoms with Crippen LogP contribution < -0.4 is 5.73 Å². The van der Waals surface area contributed by atoms with Crippen molar-refractivity contribution in [1.29, 1.82) is 0 Å². The molecule has 4 heteroatoms. The van der Waals surface area contributed by atoms with Gasteiger partial charge in [0, 0.05) is 32.2 Å². The van der Waals surface area contributed by atoms with Crippen LogP contribution in [0.25, 0.3) is 0 Å². The van der Waals surface area contributed by atoms with Crippen molar-refractivity contribution in [1.82, 2.24) is 9.80 Å². The van der Waals surface area contributed by atoms with E-state index in [2.05, 4.69) is 18.7 Å². The number of likely N-dealkylation sites (tertiary alicyclic amines) is 1. The molecule has 1 heterocycles. The summed E-state index contributed by atoms with van der Waals surface area (Å²) >= 11 is 0. The molecule has 0 aliphatic carbocycles. The van der Waals surface area contributed by atoms with Crippen molar-refractivity contribution in [2.24, 2.45) is 5.73 Å². The second kappa shape index (κ2) is 7.67. The van der Waals surface area contributed by atoms with Crippen LogP contribution in [0.2, 0.25) is 0 Å². The average molecular weight is 241 g/mol. The van der Waals surface area contributed by atoms with Crippen molar-refractivity contribution in [3.05, 3.63) is 0 Å². The van der Waals surface area contributed by atoms with Gasteiger partial charge in [-0.3, -0.25) is 9.69 Å². The molecule has 0 aromatic carbocycles. The number of nitrogens with two attached hydrogens (primary N) is 1. The minimum absolute atomic E-state index is 0.277. The zero-order valence-corrected chi connectivity index (χ0v) is 11.3. The first-order valence-corrected chi connectivity index (χ1v) is 6.93. The smallest absolute Gasteiger partial charge is 0.236 e. The molecule has 0 bridgehead atoms. The Labute approximate surface area is 105 Å². The maximum Gasteiger partial charge on any atom is 0.236 e. The van der Waals surface area contributed by atoms with Crippen molar-refractivity contribution < 1.29 is 4.79 Å². The van der Waals surface area contributed by atoms with Crippen LogP contribution >= 0.6 is 0 Å². The van der Waals surface area contributed by atoms with Crippen molar-refractivity contribution >= 4 is 5.91 Å². The molecule has 0 aromatic rings. The number of hydrogen-bond donors (Lipinski definition) is 1. The van der Waals surface area contributed by atoms with Gasteiger partial charge in [0.05, 0.1) is 6.54 Å². The van der Waals surface area contributed by atoms with Crippen molar-refractivity contribution in [3.8, 4) is 0 Å². The van der Waals surface area contributed by atoms with Gasteiger partial charge in [-0.05, 0) is 12.8 Å². The zero-order valence-electron chi connectivity index (χ0n) is 11.3. The maximum atomic E-state index is 12.1. The van der Waals surface area contributed by atoms with Crippen molar-refractivity contribution in [3.63, 3.8) is 0 Å². The highest BCUT2D eigenvalue weighted by Gasteiger charge is 2.26. The fourth-order valence-electron chi connectivity index (χ4n) is 2.09. The second-order valence-electron chi connectivity index (χ2n) is 5.04. The number of amides is 1. The molecule has 0 radical (unpaired) electrons. The molecule has 1 saturated heterocycles. The van der Waals surface area contributed by atoms with Gasteiger partial charge < -0.3 is 10.6 Å². The van der Waals surface area contributed by atoms with Gasteiger partial charge in [-0.25, -0.2) is 0 Å². The summed E-state index contributed by atoms with van der Waals surface area (Å²) in [5.41, 5.74) is 5.71. The highest BCUT2D eigenvalue weighted by atomic mass is 16.2. The molecule has 4 nitrogen and oxygen atoms in total. The molecule has 1 rings (SSSR count). The summed E-state index contributed by atoms with van der Waals surface area (Å²) in [5.74, 6) is 0.277. The van der Waals surface area contributed by atoms with Gasteiger partial charge in [0.15, 0.2) is 0 Å². The summed E-state index contributed by atoms with van der Waals surface area (Å²) in [6.45, 7) is 8.46. The van der Waals surface area contributed by atoms with Crippen molar-refractivity contribution in [2.45, 2.75) is 45.6 Å². The average Bonchev–Trinajstić information content (AvgIpc) is 2.27. The zero-order chi connectivity index (χ0) is 12.7. The van der Waals surface area contributed by atoms with Crippen LogP contribution in [0.15, 0.2) is 0 Å². The molecule has 1 aliphatic heterocycles. The van der Waals surface area contributed by atoms with E-state index in [4.69, 9.17) is 5.73 Å². The van der Waals surface area contributed by atoms with E-state index in [1.807, 2.05) is 4.90 Å². The summed E-state index contributed by atoms with van der Waals surface area (Å²) in [5, 5.41) is 0. The molecule has 1 aliphatic rings. The molecule has 0 unspecified atom stereocenters. The Balaban J connectivity index is 2.30. The normalized spacial score (nSPS) is 16.9. The lowest BCUT2D eigenvalue weighted by atomic mass is 10.1. The Morgan fingerprint density at radius 1 is 1.24 bits per heavy atom. The minimum atomic E-state index is 0.277. The summed E-state index contributed by atoms with van der Waals surface area (Å²) in [4.78, 5) is 16.3. The van der Waals surface area contributed by atoms with Crippen LogP contribution in [0.4, 0.5) is 0 Å². The molecule has 0 atom stereocenters. The minimum Gasteiger partial charge on any atom is -0.342 e. The van der Waals surface area contributed by atoms with Crippen LogP contribution in [0.5, 0.6) is 0 Å². The first kappa shape index (κ1) is 14.5. The summed E-state index contributed by atoms with van der Waals surface area (Å²) < 4.78 is 0. The topological polar surface area (TPSA) is 49.6 Å². The SMILES string of the molecule is CCCCN(CCCC)C(=O)CN1CC(N)C1. The van der Waals surface area contributed by atoms with E-state index in [1.54, 1.807) is 0 Å². The molecular weight excluding hydrogens is 214 g/mol. The predicted octanol–water partition coefficient (Wildman–Crippen LogP) is 1.06. The molecule has 1 fully saturated rings. The van der Waals surface area contributed by atoms with Gasteiger partial charge in [0.1, 0.15) is 0 Å². The summed E-state index contributed by atoms with van der Waals surface area (Å²) in [6.07, 6.45) is 4.50. The van der Waals surface area contributed by atoms with E-state index >= 15 is 0 Å². The number of carbonyl (C=O) groups excluding carboxylic acids is 1. The van der Waals surface area contributed by atoms with Crippen LogP contribution in [-0.4, -0.2) is 54.5 Å². The Kier molecular flexibility index (Phi) is 6.52. The number of rotatable bonds is 8. The quantitative estimate of drug-likeness (QED) is 0.691. The van der Waals surface area contributed by atoms with Gasteiger partial charge >= 0.3 is 0 Å². The third-order valence-corrected chi connectivity index (χ3v) is 3.26. The van der Waals surface area contributed by atoms with Gasteiger partial charge in [-0.2, -0.15) is 0 Å². The van der Waals surface area contributed by atoms with Crippen LogP contribution in [0.1, 0.15) is 39.5 Å². The van der Waals surface area contributed by atoms with E-state index in [9.17, 15) is 4.79 Å². The Morgan fingerprint density at radius 2 is 1.76 bits per heavy atom. The summed E-state index contributed by atoms with van der Waals surface area (Å²) in [7, 11) is 0. The van der Waals surface area contributed by atoms with E-state index < -0.39 is 0 Å². The largest absolute Gasteiger partial charge is 0.342 e. The highest BCUT2D eigenvalue weighted by Crippen LogP contribution is 2.07. The summed E-state index contributed by atoms with van der Waals surface area (Å²) in [6, 6.07) is 0.280. The molecule has 0 spiro atoms. The number of unbranched alkanes of at least 4 members (excludes halogenated alkanes) is 2. The number of carbonyl (C=O) groups is 1. The van der Waals surface area contributed by atoms with Crippen LogP contribution in [0.3, 0.4) is 0 Å². The fraction of sp³-hybridized carbons (Fsp3) is 0.923. The van der Waals surface area contributed by atoms with E-state index in [0.29, 0.717) is 6.54 Å². The first-order valence-electron chi connectivity index (χ1n) is 6.93. The molecule has 0 saturated carbocycles. The first-order chi connectivity index (χ1) is 8.17. The lowest BCUT2D eigenvalue weighted by Gasteiger charge is -2.37. The standard InChI is InChI=1S/C13H27N3O/c1-3-5-7-16(8-6-4-2)13(17)11-15-9-12(14)10-15/h12H,3-11,14H2,1-2H3. The number of hydrogen-bond acceptors (Lipinski definition) is 3. The van der Waals surface area contributed by atoms with Crippen LogP contribution in [0, 0.1) is 0 Å². The fourth-order valence-corrected chi connectivity index (χ4v) is 2.09. The van der Waals surface area contributed by atoms with E-state index in [0.717, 1.165) is 51.9 Å². The molecule has 2 N–H and O–H groups in total. The molecular formula is C13H27N3O. The molecule has 100 valence electrons. The molecule has 0 aromatic heterocycles.